The fraction of sp³-hybridized carbons (Fsp3) is 0.222. The summed E-state index contributed by atoms with van der Waals surface area (Å²) in [7, 11) is 0. The molecule has 2 aromatic heterocycles. The fourth-order valence-electron chi connectivity index (χ4n) is 1.84. The number of pyridine rings is 2. The molecule has 2 heterocycles. The highest BCUT2D eigenvalue weighted by molar-refractivity contribution is 6.29. The Hall–Kier alpha value is -3.82. The monoisotopic (exact) mass is 388 g/mol. The fourth-order valence-corrected chi connectivity index (χ4v) is 1.84. The van der Waals surface area contributed by atoms with Crippen LogP contribution in [0, 0.1) is 0 Å². The maximum Gasteiger partial charge on any atom is 0.420 e. The number of hydrogen-bond acceptors (Lipinski definition) is 10. The van der Waals surface area contributed by atoms with Crippen LogP contribution in [0.3, 0.4) is 0 Å². The molecular weight excluding hydrogens is 372 g/mol. The van der Waals surface area contributed by atoms with Crippen molar-refractivity contribution in [2.75, 3.05) is 0 Å². The topological polar surface area (TPSA) is 131 Å². The molecule has 0 bridgehead atoms. The summed E-state index contributed by atoms with van der Waals surface area (Å²) < 4.78 is 19.0. The van der Waals surface area contributed by atoms with Crippen molar-refractivity contribution < 1.29 is 38.1 Å². The lowest BCUT2D eigenvalue weighted by atomic mass is 10.3. The molecule has 0 N–H and O–H groups in total. The number of hydrogen-bond donors (Lipinski definition) is 0. The minimum absolute atomic E-state index is 0.00362. The molecule has 0 aliphatic rings. The Labute approximate surface area is 159 Å². The van der Waals surface area contributed by atoms with Gasteiger partial charge in [0.15, 0.2) is 0 Å². The van der Waals surface area contributed by atoms with Crippen molar-refractivity contribution in [3.05, 3.63) is 60.2 Å². The number of carbonyl (C=O) groups is 4. The molecule has 10 nitrogen and oxygen atoms in total. The van der Waals surface area contributed by atoms with Crippen LogP contribution in [0.2, 0.25) is 0 Å². The first-order valence-corrected chi connectivity index (χ1v) is 8.01. The summed E-state index contributed by atoms with van der Waals surface area (Å²) in [5.74, 6) is -4.48. The molecule has 2 atom stereocenters. The largest absolute Gasteiger partial charge is 0.422 e. The molecule has 0 aromatic carbocycles. The van der Waals surface area contributed by atoms with E-state index in [0.29, 0.717) is 0 Å². The molecule has 0 saturated carbocycles. The summed E-state index contributed by atoms with van der Waals surface area (Å²) >= 11 is 0. The number of esters is 4. The van der Waals surface area contributed by atoms with Crippen LogP contribution in [-0.4, -0.2) is 46.4 Å². The van der Waals surface area contributed by atoms with Crippen LogP contribution in [0.5, 0.6) is 0 Å². The molecule has 0 aliphatic heterocycles. The zero-order chi connectivity index (χ0) is 20.5. The van der Waals surface area contributed by atoms with Crippen LogP contribution >= 0.6 is 0 Å². The van der Waals surface area contributed by atoms with Gasteiger partial charge in [-0.05, 0) is 24.3 Å². The average Bonchev–Trinajstić information content (AvgIpc) is 2.68. The van der Waals surface area contributed by atoms with E-state index in [9.17, 15) is 19.2 Å². The number of nitrogens with zero attached hydrogens (tertiary/aromatic N) is 2. The molecular formula is C18H16N2O8. The average molecular weight is 388 g/mol. The van der Waals surface area contributed by atoms with Gasteiger partial charge in [-0.2, -0.15) is 0 Å². The van der Waals surface area contributed by atoms with Crippen molar-refractivity contribution in [3.8, 4) is 0 Å². The van der Waals surface area contributed by atoms with Crippen molar-refractivity contribution in [2.45, 2.75) is 26.4 Å². The van der Waals surface area contributed by atoms with Gasteiger partial charge in [0.2, 0.25) is 12.6 Å². The molecule has 10 heteroatoms. The van der Waals surface area contributed by atoms with Crippen molar-refractivity contribution in [2.24, 2.45) is 0 Å². The van der Waals surface area contributed by atoms with Gasteiger partial charge in [-0.15, -0.1) is 0 Å². The van der Waals surface area contributed by atoms with Gasteiger partial charge in [0.1, 0.15) is 5.69 Å². The van der Waals surface area contributed by atoms with Crippen LogP contribution < -0.4 is 0 Å². The lowest BCUT2D eigenvalue weighted by molar-refractivity contribution is -0.191. The highest BCUT2D eigenvalue weighted by Gasteiger charge is 2.26. The Morgan fingerprint density at radius 2 is 1.43 bits per heavy atom. The molecule has 2 rings (SSSR count). The van der Waals surface area contributed by atoms with Crippen molar-refractivity contribution in [3.63, 3.8) is 0 Å². The number of carbonyl (C=O) groups excluding carboxylic acids is 4. The minimum Gasteiger partial charge on any atom is -0.422 e. The summed E-state index contributed by atoms with van der Waals surface area (Å²) in [6.45, 7) is 2.47. The van der Waals surface area contributed by atoms with Gasteiger partial charge in [-0.1, -0.05) is 6.07 Å². The molecule has 2 aromatic rings. The number of ether oxygens (including phenoxy) is 4. The predicted octanol–water partition coefficient (Wildman–Crippen LogP) is 1.27. The standard InChI is InChI=1S/C18H16N2O8/c1-11(25-15(21)13-6-5-8-19-10-13)27-17(23)18(24)28-12(2)26-16(22)14-7-3-4-9-20-14/h3-12H,1-2H3. The zero-order valence-corrected chi connectivity index (χ0v) is 14.9. The van der Waals surface area contributed by atoms with Crippen LogP contribution in [0.15, 0.2) is 48.9 Å². The van der Waals surface area contributed by atoms with E-state index in [0.717, 1.165) is 0 Å². The van der Waals surface area contributed by atoms with E-state index in [1.54, 1.807) is 12.1 Å². The quantitative estimate of drug-likeness (QED) is 0.405. The molecule has 2 unspecified atom stereocenters. The van der Waals surface area contributed by atoms with E-state index in [1.807, 2.05) is 0 Å². The van der Waals surface area contributed by atoms with Crippen molar-refractivity contribution in [1.82, 2.24) is 9.97 Å². The van der Waals surface area contributed by atoms with Crippen LogP contribution in [0.4, 0.5) is 0 Å². The summed E-state index contributed by atoms with van der Waals surface area (Å²) in [6.07, 6.45) is 1.39. The smallest absolute Gasteiger partial charge is 0.420 e. The second kappa shape index (κ2) is 9.76. The van der Waals surface area contributed by atoms with E-state index >= 15 is 0 Å². The van der Waals surface area contributed by atoms with Crippen molar-refractivity contribution >= 4 is 23.9 Å². The van der Waals surface area contributed by atoms with Gasteiger partial charge >= 0.3 is 23.9 Å². The summed E-state index contributed by atoms with van der Waals surface area (Å²) in [6, 6.07) is 7.57. The predicted molar refractivity (Wildman–Crippen MR) is 90.4 cm³/mol. The first-order chi connectivity index (χ1) is 13.4. The van der Waals surface area contributed by atoms with E-state index < -0.39 is 36.5 Å². The van der Waals surface area contributed by atoms with Gasteiger partial charge in [0, 0.05) is 32.4 Å². The van der Waals surface area contributed by atoms with E-state index in [4.69, 9.17) is 9.47 Å². The van der Waals surface area contributed by atoms with Crippen LogP contribution in [0.1, 0.15) is 34.7 Å². The third kappa shape index (κ3) is 6.16. The molecule has 0 spiro atoms. The Kier molecular flexibility index (Phi) is 7.14. The van der Waals surface area contributed by atoms with Gasteiger partial charge in [0.25, 0.3) is 0 Å². The lowest BCUT2D eigenvalue weighted by Crippen LogP contribution is -2.31. The lowest BCUT2D eigenvalue weighted by Gasteiger charge is -2.15. The number of aromatic nitrogens is 2. The molecule has 146 valence electrons. The Morgan fingerprint density at radius 3 is 1.96 bits per heavy atom. The summed E-state index contributed by atoms with van der Waals surface area (Å²) in [5, 5.41) is 0. The maximum atomic E-state index is 11.8. The van der Waals surface area contributed by atoms with Gasteiger partial charge in [-0.3, -0.25) is 4.98 Å². The van der Waals surface area contributed by atoms with Crippen LogP contribution in [-0.2, 0) is 28.5 Å². The highest BCUT2D eigenvalue weighted by Crippen LogP contribution is 2.06. The summed E-state index contributed by atoms with van der Waals surface area (Å²) in [4.78, 5) is 54.5. The van der Waals surface area contributed by atoms with E-state index in [1.165, 1.54) is 50.6 Å². The first kappa shape index (κ1) is 20.5. The van der Waals surface area contributed by atoms with Crippen LogP contribution in [0.25, 0.3) is 0 Å². The Balaban J connectivity index is 1.79. The highest BCUT2D eigenvalue weighted by atomic mass is 16.7. The Bertz CT molecular complexity index is 770. The Morgan fingerprint density at radius 1 is 0.786 bits per heavy atom. The van der Waals surface area contributed by atoms with E-state index in [-0.39, 0.29) is 11.3 Å². The maximum absolute atomic E-state index is 11.8. The first-order valence-electron chi connectivity index (χ1n) is 8.01. The molecule has 0 radical (unpaired) electrons. The second-order valence-electron chi connectivity index (χ2n) is 5.21. The summed E-state index contributed by atoms with van der Waals surface area (Å²) in [5.41, 5.74) is 0.145. The molecule has 0 fully saturated rings. The van der Waals surface area contributed by atoms with Gasteiger partial charge < -0.3 is 18.9 Å². The molecule has 0 amide bonds. The third-order valence-electron chi connectivity index (χ3n) is 3.03. The molecule has 0 aliphatic carbocycles. The normalized spacial score (nSPS) is 12.2. The third-order valence-corrected chi connectivity index (χ3v) is 3.03. The molecule has 28 heavy (non-hydrogen) atoms. The number of rotatable bonds is 6. The van der Waals surface area contributed by atoms with Crippen molar-refractivity contribution in [1.29, 1.82) is 0 Å². The van der Waals surface area contributed by atoms with E-state index in [2.05, 4.69) is 19.4 Å². The van der Waals surface area contributed by atoms with Gasteiger partial charge in [0.05, 0.1) is 5.56 Å². The second-order valence-corrected chi connectivity index (χ2v) is 5.21. The molecule has 0 saturated heterocycles. The van der Waals surface area contributed by atoms with Gasteiger partial charge in [-0.25, -0.2) is 24.2 Å². The minimum atomic E-state index is -1.43. The SMILES string of the molecule is CC(OC(=O)C(=O)OC(C)OC(=O)c1ccccn1)OC(=O)c1cccnc1. The zero-order valence-electron chi connectivity index (χ0n) is 14.9.